The van der Waals surface area contributed by atoms with Crippen LogP contribution in [0.5, 0.6) is 5.88 Å². The van der Waals surface area contributed by atoms with Gasteiger partial charge in [-0.05, 0) is 24.4 Å². The lowest BCUT2D eigenvalue weighted by molar-refractivity contribution is 0.297. The fourth-order valence-electron chi connectivity index (χ4n) is 2.87. The van der Waals surface area contributed by atoms with Crippen LogP contribution in [0.25, 0.3) is 21.9 Å². The molecular weight excluding hydrogens is 312 g/mol. The summed E-state index contributed by atoms with van der Waals surface area (Å²) in [6, 6.07) is 10.2. The number of rotatable bonds is 4. The Kier molecular flexibility index (Phi) is 3.90. The van der Waals surface area contributed by atoms with E-state index in [0.717, 1.165) is 27.5 Å². The smallest absolute Gasteiger partial charge is 0.221 e. The monoisotopic (exact) mass is 330 g/mol. The number of hydrogen-bond acceptors (Lipinski definition) is 4. The summed E-state index contributed by atoms with van der Waals surface area (Å²) in [6.45, 7) is 2.51. The van der Waals surface area contributed by atoms with E-state index in [1.807, 2.05) is 37.8 Å². The summed E-state index contributed by atoms with van der Waals surface area (Å²) in [5.41, 5.74) is 4.28. The number of nitrogens with zero attached hydrogens (tertiary/aromatic N) is 4. The molecule has 4 rings (SSSR count). The normalized spacial score (nSPS) is 11.0. The SMILES string of the molecule is Cc1ccc2c(-c3cnn(C)c3)cnc(OCc3cccnc3)c2c1. The molecule has 0 saturated carbocycles. The maximum Gasteiger partial charge on any atom is 0.221 e. The Balaban J connectivity index is 1.76. The van der Waals surface area contributed by atoms with Gasteiger partial charge in [0.15, 0.2) is 0 Å². The number of aromatic nitrogens is 4. The van der Waals surface area contributed by atoms with Gasteiger partial charge in [-0.2, -0.15) is 5.10 Å². The van der Waals surface area contributed by atoms with Crippen LogP contribution in [0.3, 0.4) is 0 Å². The molecule has 5 heteroatoms. The van der Waals surface area contributed by atoms with Crippen molar-refractivity contribution in [1.29, 1.82) is 0 Å². The molecule has 0 amide bonds. The highest BCUT2D eigenvalue weighted by Crippen LogP contribution is 2.33. The van der Waals surface area contributed by atoms with Crippen LogP contribution in [0.2, 0.25) is 0 Å². The van der Waals surface area contributed by atoms with Crippen molar-refractivity contribution in [1.82, 2.24) is 19.7 Å². The highest BCUT2D eigenvalue weighted by Gasteiger charge is 2.12. The number of benzene rings is 1. The number of pyridine rings is 2. The molecule has 25 heavy (non-hydrogen) atoms. The average Bonchev–Trinajstić information content (AvgIpc) is 3.06. The van der Waals surface area contributed by atoms with Gasteiger partial charge in [0.25, 0.3) is 0 Å². The van der Waals surface area contributed by atoms with E-state index in [0.29, 0.717) is 12.5 Å². The molecule has 0 atom stereocenters. The quantitative estimate of drug-likeness (QED) is 0.569. The highest BCUT2D eigenvalue weighted by atomic mass is 16.5. The van der Waals surface area contributed by atoms with E-state index >= 15 is 0 Å². The Morgan fingerprint density at radius 3 is 2.76 bits per heavy atom. The molecule has 0 unspecified atom stereocenters. The fourth-order valence-corrected chi connectivity index (χ4v) is 2.87. The summed E-state index contributed by atoms with van der Waals surface area (Å²) >= 11 is 0. The number of hydrogen-bond donors (Lipinski definition) is 0. The van der Waals surface area contributed by atoms with Gasteiger partial charge in [0.05, 0.1) is 6.20 Å². The first kappa shape index (κ1) is 15.3. The van der Waals surface area contributed by atoms with Crippen LogP contribution in [0, 0.1) is 6.92 Å². The summed E-state index contributed by atoms with van der Waals surface area (Å²) in [7, 11) is 1.91. The van der Waals surface area contributed by atoms with Crippen LogP contribution < -0.4 is 4.74 Å². The van der Waals surface area contributed by atoms with Crippen molar-refractivity contribution >= 4 is 10.8 Å². The van der Waals surface area contributed by atoms with Gasteiger partial charge in [-0.15, -0.1) is 0 Å². The van der Waals surface area contributed by atoms with Gasteiger partial charge in [-0.3, -0.25) is 9.67 Å². The third kappa shape index (κ3) is 3.08. The maximum atomic E-state index is 5.98. The van der Waals surface area contributed by atoms with Crippen LogP contribution in [0.1, 0.15) is 11.1 Å². The molecule has 4 aromatic rings. The molecule has 3 aromatic heterocycles. The lowest BCUT2D eigenvalue weighted by atomic mass is 10.0. The van der Waals surface area contributed by atoms with Crippen molar-refractivity contribution in [3.05, 3.63) is 72.4 Å². The molecule has 0 spiro atoms. The number of aryl methyl sites for hydroxylation is 2. The van der Waals surface area contributed by atoms with Gasteiger partial charge >= 0.3 is 0 Å². The van der Waals surface area contributed by atoms with Crippen molar-refractivity contribution in [2.45, 2.75) is 13.5 Å². The molecule has 124 valence electrons. The average molecular weight is 330 g/mol. The lowest BCUT2D eigenvalue weighted by Gasteiger charge is -2.11. The predicted octanol–water partition coefficient (Wildman–Crippen LogP) is 3.92. The van der Waals surface area contributed by atoms with Gasteiger partial charge in [-0.25, -0.2) is 4.98 Å². The van der Waals surface area contributed by atoms with Gasteiger partial charge in [0.2, 0.25) is 5.88 Å². The van der Waals surface area contributed by atoms with Crippen molar-refractivity contribution in [2.75, 3.05) is 0 Å². The Morgan fingerprint density at radius 2 is 2.00 bits per heavy atom. The molecule has 0 fully saturated rings. The zero-order valence-corrected chi connectivity index (χ0v) is 14.2. The standard InChI is InChI=1S/C20H18N4O/c1-14-5-6-17-18(8-14)20(25-13-15-4-3-7-21-9-15)22-11-19(17)16-10-23-24(2)12-16/h3-12H,13H2,1-2H3. The van der Waals surface area contributed by atoms with Crippen molar-refractivity contribution < 1.29 is 4.74 Å². The van der Waals surface area contributed by atoms with Crippen LogP contribution in [0.15, 0.2) is 61.3 Å². The lowest BCUT2D eigenvalue weighted by Crippen LogP contribution is -1.99. The second-order valence-electron chi connectivity index (χ2n) is 6.08. The van der Waals surface area contributed by atoms with Gasteiger partial charge in [-0.1, -0.05) is 23.8 Å². The molecule has 0 aliphatic heterocycles. The molecule has 0 N–H and O–H groups in total. The minimum absolute atomic E-state index is 0.441. The van der Waals surface area contributed by atoms with E-state index in [4.69, 9.17) is 4.74 Å². The molecule has 0 aliphatic carbocycles. The first-order chi connectivity index (χ1) is 12.2. The predicted molar refractivity (Wildman–Crippen MR) is 97.3 cm³/mol. The topological polar surface area (TPSA) is 52.8 Å². The Labute approximate surface area is 145 Å². The van der Waals surface area contributed by atoms with Crippen LogP contribution in [-0.2, 0) is 13.7 Å². The molecule has 0 bridgehead atoms. The highest BCUT2D eigenvalue weighted by molar-refractivity contribution is 5.98. The summed E-state index contributed by atoms with van der Waals surface area (Å²) in [5, 5.41) is 6.38. The van der Waals surface area contributed by atoms with Gasteiger partial charge in [0, 0.05) is 53.9 Å². The van der Waals surface area contributed by atoms with Crippen molar-refractivity contribution in [3.8, 4) is 17.0 Å². The van der Waals surface area contributed by atoms with E-state index in [-0.39, 0.29) is 0 Å². The second kappa shape index (κ2) is 6.36. The molecule has 1 aromatic carbocycles. The summed E-state index contributed by atoms with van der Waals surface area (Å²) in [5.74, 6) is 0.634. The van der Waals surface area contributed by atoms with Crippen molar-refractivity contribution in [3.63, 3.8) is 0 Å². The van der Waals surface area contributed by atoms with E-state index < -0.39 is 0 Å². The Hall–Kier alpha value is -3.21. The second-order valence-corrected chi connectivity index (χ2v) is 6.08. The zero-order chi connectivity index (χ0) is 17.2. The van der Waals surface area contributed by atoms with Crippen molar-refractivity contribution in [2.24, 2.45) is 7.05 Å². The molecule has 0 aliphatic rings. The zero-order valence-electron chi connectivity index (χ0n) is 14.2. The minimum Gasteiger partial charge on any atom is -0.472 e. The first-order valence-electron chi connectivity index (χ1n) is 8.11. The van der Waals surface area contributed by atoms with Gasteiger partial charge in [0.1, 0.15) is 6.61 Å². The molecule has 3 heterocycles. The third-order valence-corrected chi connectivity index (χ3v) is 4.12. The molecule has 5 nitrogen and oxygen atoms in total. The fraction of sp³-hybridized carbons (Fsp3) is 0.150. The Bertz CT molecular complexity index is 1020. The number of fused-ring (bicyclic) bond motifs is 1. The summed E-state index contributed by atoms with van der Waals surface area (Å²) in [6.07, 6.45) is 9.26. The first-order valence-corrected chi connectivity index (χ1v) is 8.11. The summed E-state index contributed by atoms with van der Waals surface area (Å²) in [4.78, 5) is 8.69. The molecule has 0 radical (unpaired) electrons. The number of ether oxygens (including phenoxy) is 1. The molecular formula is C20H18N4O. The van der Waals surface area contributed by atoms with Crippen LogP contribution in [-0.4, -0.2) is 19.7 Å². The van der Waals surface area contributed by atoms with Gasteiger partial charge < -0.3 is 4.74 Å². The van der Waals surface area contributed by atoms with E-state index in [9.17, 15) is 0 Å². The minimum atomic E-state index is 0.441. The Morgan fingerprint density at radius 1 is 1.08 bits per heavy atom. The van der Waals surface area contributed by atoms with E-state index in [2.05, 4.69) is 40.2 Å². The van der Waals surface area contributed by atoms with Crippen LogP contribution in [0.4, 0.5) is 0 Å². The third-order valence-electron chi connectivity index (χ3n) is 4.12. The van der Waals surface area contributed by atoms with Crippen LogP contribution >= 0.6 is 0 Å². The summed E-state index contributed by atoms with van der Waals surface area (Å²) < 4.78 is 7.78. The van der Waals surface area contributed by atoms with E-state index in [1.54, 1.807) is 17.1 Å². The largest absolute Gasteiger partial charge is 0.472 e. The molecule has 0 saturated heterocycles. The van der Waals surface area contributed by atoms with E-state index in [1.165, 1.54) is 5.56 Å². The maximum absolute atomic E-state index is 5.98.